The lowest BCUT2D eigenvalue weighted by molar-refractivity contribution is -0.121. The number of ether oxygens (including phenoxy) is 1. The van der Waals surface area contributed by atoms with E-state index in [1.165, 1.54) is 42.3 Å². The molecule has 0 bridgehead atoms. The van der Waals surface area contributed by atoms with Crippen molar-refractivity contribution in [3.05, 3.63) is 77.2 Å². The lowest BCUT2D eigenvalue weighted by Gasteiger charge is -2.35. The summed E-state index contributed by atoms with van der Waals surface area (Å²) in [7, 11) is -2.63. The number of hydrogen-bond acceptors (Lipinski definition) is 7. The molecule has 2 N–H and O–H groups in total. The summed E-state index contributed by atoms with van der Waals surface area (Å²) in [5.41, 5.74) is 2.73. The number of hydrogen-bond donors (Lipinski definition) is 2. The third kappa shape index (κ3) is 5.24. The van der Waals surface area contributed by atoms with Crippen molar-refractivity contribution in [2.45, 2.75) is 31.2 Å². The van der Waals surface area contributed by atoms with E-state index in [0.29, 0.717) is 30.2 Å². The molecular weight excluding hydrogens is 470 g/mol. The Hall–Kier alpha value is -3.99. The van der Waals surface area contributed by atoms with Gasteiger partial charge in [-0.15, -0.1) is 0 Å². The zero-order valence-corrected chi connectivity index (χ0v) is 20.3. The van der Waals surface area contributed by atoms with E-state index >= 15 is 0 Å². The lowest BCUT2D eigenvalue weighted by Crippen LogP contribution is -2.45. The van der Waals surface area contributed by atoms with Gasteiger partial charge in [0.15, 0.2) is 0 Å². The van der Waals surface area contributed by atoms with Crippen molar-refractivity contribution in [2.24, 2.45) is 0 Å². The van der Waals surface area contributed by atoms with Crippen LogP contribution in [0.3, 0.4) is 0 Å². The highest BCUT2D eigenvalue weighted by Crippen LogP contribution is 2.31. The second kappa shape index (κ2) is 9.71. The van der Waals surface area contributed by atoms with E-state index in [-0.39, 0.29) is 10.7 Å². The Balaban J connectivity index is 1.54. The summed E-state index contributed by atoms with van der Waals surface area (Å²) in [6, 6.07) is 13.8. The van der Waals surface area contributed by atoms with Crippen LogP contribution in [0.15, 0.2) is 59.5 Å². The highest BCUT2D eigenvalue weighted by molar-refractivity contribution is 7.92. The number of rotatable bonds is 5. The predicted octanol–water partition coefficient (Wildman–Crippen LogP) is 3.20. The Kier molecular flexibility index (Phi) is 6.70. The smallest absolute Gasteiger partial charge is 0.410 e. The molecule has 0 saturated heterocycles. The number of aromatic nitrogens is 2. The Bertz CT molecular complexity index is 1360. The third-order valence-corrected chi connectivity index (χ3v) is 6.95. The van der Waals surface area contributed by atoms with E-state index < -0.39 is 28.1 Å². The van der Waals surface area contributed by atoms with Crippen LogP contribution in [0.2, 0.25) is 0 Å². The normalized spacial score (nSPS) is 15.2. The molecule has 10 nitrogen and oxygen atoms in total. The summed E-state index contributed by atoms with van der Waals surface area (Å²) in [5, 5.41) is 2.78. The van der Waals surface area contributed by atoms with Gasteiger partial charge in [0.25, 0.3) is 15.9 Å². The van der Waals surface area contributed by atoms with Crippen LogP contribution < -0.4 is 10.0 Å². The van der Waals surface area contributed by atoms with Gasteiger partial charge in [-0.3, -0.25) is 14.4 Å². The van der Waals surface area contributed by atoms with Crippen molar-refractivity contribution >= 4 is 33.5 Å². The molecule has 2 amide bonds. The molecular formula is C24H25N5O5S. The number of aryl methyl sites for hydroxylation is 2. The van der Waals surface area contributed by atoms with E-state index in [0.717, 1.165) is 11.1 Å². The van der Waals surface area contributed by atoms with Crippen molar-refractivity contribution in [3.8, 4) is 0 Å². The number of benzene rings is 2. The molecule has 35 heavy (non-hydrogen) atoms. The van der Waals surface area contributed by atoms with Gasteiger partial charge in [-0.1, -0.05) is 24.3 Å². The number of sulfonamides is 1. The number of anilines is 2. The first kappa shape index (κ1) is 24.1. The summed E-state index contributed by atoms with van der Waals surface area (Å²) >= 11 is 0. The van der Waals surface area contributed by atoms with Gasteiger partial charge in [0.05, 0.1) is 12.0 Å². The van der Waals surface area contributed by atoms with Crippen LogP contribution in [-0.4, -0.2) is 48.9 Å². The fourth-order valence-corrected chi connectivity index (χ4v) is 5.05. The summed E-state index contributed by atoms with van der Waals surface area (Å²) < 4.78 is 32.9. The highest BCUT2D eigenvalue weighted by Gasteiger charge is 2.36. The van der Waals surface area contributed by atoms with Gasteiger partial charge in [-0.2, -0.15) is 0 Å². The molecule has 182 valence electrons. The average Bonchev–Trinajstić information content (AvgIpc) is 2.82. The minimum absolute atomic E-state index is 0.00335. The van der Waals surface area contributed by atoms with Crippen LogP contribution in [0.1, 0.15) is 28.7 Å². The van der Waals surface area contributed by atoms with Crippen LogP contribution in [-0.2, 0) is 26.0 Å². The Morgan fingerprint density at radius 1 is 1.06 bits per heavy atom. The van der Waals surface area contributed by atoms with E-state index in [1.807, 2.05) is 24.3 Å². The van der Waals surface area contributed by atoms with E-state index in [9.17, 15) is 18.0 Å². The molecule has 1 aliphatic heterocycles. The molecule has 0 spiro atoms. The van der Waals surface area contributed by atoms with Gasteiger partial charge in [0, 0.05) is 24.0 Å². The van der Waals surface area contributed by atoms with Gasteiger partial charge in [0.1, 0.15) is 17.7 Å². The number of amides is 2. The van der Waals surface area contributed by atoms with Gasteiger partial charge in [-0.25, -0.2) is 23.2 Å². The van der Waals surface area contributed by atoms with Gasteiger partial charge < -0.3 is 10.1 Å². The summed E-state index contributed by atoms with van der Waals surface area (Å²) in [6.07, 6.45) is 0.0161. The van der Waals surface area contributed by atoms with E-state index in [1.54, 1.807) is 13.8 Å². The van der Waals surface area contributed by atoms with Crippen molar-refractivity contribution in [1.29, 1.82) is 0 Å². The first-order valence-electron chi connectivity index (χ1n) is 10.9. The minimum atomic E-state index is -3.90. The minimum Gasteiger partial charge on any atom is -0.453 e. The zero-order valence-electron chi connectivity index (χ0n) is 19.5. The monoisotopic (exact) mass is 495 g/mol. The zero-order chi connectivity index (χ0) is 25.2. The standard InChI is InChI=1S/C24H25N5O5S/c1-15-14-21(26-16(2)25-15)28-35(32,33)19-10-8-18(9-11-19)27-23(30)22-20-7-5-4-6-17(20)12-13-29(22)24(31)34-3/h4-11,14,22H,12-13H2,1-3H3,(H,27,30)(H,25,26,28)/t22-/m0/s1. The number of fused-ring (bicyclic) bond motifs is 1. The Labute approximate surface area is 203 Å². The summed E-state index contributed by atoms with van der Waals surface area (Å²) in [4.78, 5) is 35.2. The fourth-order valence-electron chi connectivity index (χ4n) is 4.06. The molecule has 3 aromatic rings. The second-order valence-corrected chi connectivity index (χ2v) is 9.76. The summed E-state index contributed by atoms with van der Waals surface area (Å²) in [6.45, 7) is 3.76. The maximum absolute atomic E-state index is 13.2. The largest absolute Gasteiger partial charge is 0.453 e. The molecule has 0 unspecified atom stereocenters. The van der Waals surface area contributed by atoms with Crippen molar-refractivity contribution in [3.63, 3.8) is 0 Å². The van der Waals surface area contributed by atoms with Gasteiger partial charge in [0.2, 0.25) is 0 Å². The topological polar surface area (TPSA) is 131 Å². The van der Waals surface area contributed by atoms with Crippen LogP contribution in [0.25, 0.3) is 0 Å². The predicted molar refractivity (Wildman–Crippen MR) is 129 cm³/mol. The summed E-state index contributed by atoms with van der Waals surface area (Å²) in [5.74, 6) is 0.195. The molecule has 2 heterocycles. The molecule has 1 atom stereocenters. The molecule has 4 rings (SSSR count). The van der Waals surface area contributed by atoms with Gasteiger partial charge in [-0.05, 0) is 55.7 Å². The third-order valence-electron chi connectivity index (χ3n) is 5.58. The van der Waals surface area contributed by atoms with Crippen molar-refractivity contribution < 1.29 is 22.7 Å². The molecule has 2 aromatic carbocycles. The van der Waals surface area contributed by atoms with Crippen LogP contribution in [0.5, 0.6) is 0 Å². The quantitative estimate of drug-likeness (QED) is 0.556. The molecule has 1 aromatic heterocycles. The molecule has 0 saturated carbocycles. The molecule has 11 heteroatoms. The number of carbonyl (C=O) groups is 2. The first-order chi connectivity index (χ1) is 16.7. The number of nitrogens with one attached hydrogen (secondary N) is 2. The molecule has 1 aliphatic rings. The maximum Gasteiger partial charge on any atom is 0.410 e. The number of carbonyl (C=O) groups excluding carboxylic acids is 2. The maximum atomic E-state index is 13.2. The first-order valence-corrected chi connectivity index (χ1v) is 12.3. The second-order valence-electron chi connectivity index (χ2n) is 8.08. The number of nitrogens with zero attached hydrogens (tertiary/aromatic N) is 3. The van der Waals surface area contributed by atoms with Crippen LogP contribution in [0.4, 0.5) is 16.3 Å². The van der Waals surface area contributed by atoms with Crippen LogP contribution in [0, 0.1) is 13.8 Å². The average molecular weight is 496 g/mol. The highest BCUT2D eigenvalue weighted by atomic mass is 32.2. The van der Waals surface area contributed by atoms with E-state index in [2.05, 4.69) is 20.0 Å². The Morgan fingerprint density at radius 3 is 2.46 bits per heavy atom. The van der Waals surface area contributed by atoms with E-state index in [4.69, 9.17) is 4.74 Å². The van der Waals surface area contributed by atoms with Gasteiger partial charge >= 0.3 is 6.09 Å². The molecule has 0 radical (unpaired) electrons. The SMILES string of the molecule is COC(=O)N1CCc2ccccc2[C@H]1C(=O)Nc1ccc(S(=O)(=O)Nc2cc(C)nc(C)n2)cc1. The molecule has 0 aliphatic carbocycles. The van der Waals surface area contributed by atoms with Crippen molar-refractivity contribution in [1.82, 2.24) is 14.9 Å². The molecule has 0 fully saturated rings. The van der Waals surface area contributed by atoms with Crippen LogP contribution >= 0.6 is 0 Å². The fraction of sp³-hybridized carbons (Fsp3) is 0.250. The lowest BCUT2D eigenvalue weighted by atomic mass is 9.92. The number of methoxy groups -OCH3 is 1. The van der Waals surface area contributed by atoms with Crippen molar-refractivity contribution in [2.75, 3.05) is 23.7 Å². The Morgan fingerprint density at radius 2 is 1.77 bits per heavy atom.